The highest BCUT2D eigenvalue weighted by atomic mass is 35.5. The van der Waals surface area contributed by atoms with Gasteiger partial charge in [0.1, 0.15) is 0 Å². The second kappa shape index (κ2) is 8.37. The molecule has 0 aromatic heterocycles. The summed E-state index contributed by atoms with van der Waals surface area (Å²) in [6, 6.07) is 22.1. The highest BCUT2D eigenvalue weighted by molar-refractivity contribution is 6.30. The zero-order valence-corrected chi connectivity index (χ0v) is 16.4. The first-order valence-corrected chi connectivity index (χ1v) is 9.72. The van der Waals surface area contributed by atoms with Crippen molar-refractivity contribution in [3.05, 3.63) is 100 Å². The van der Waals surface area contributed by atoms with Gasteiger partial charge in [-0.2, -0.15) is 0 Å². The van der Waals surface area contributed by atoms with E-state index in [1.165, 1.54) is 11.1 Å². The van der Waals surface area contributed by atoms with Crippen molar-refractivity contribution < 1.29 is 9.59 Å². The number of carbonyl (C=O) groups is 2. The third-order valence-corrected chi connectivity index (χ3v) is 5.14. The van der Waals surface area contributed by atoms with Crippen molar-refractivity contribution in [3.63, 3.8) is 0 Å². The predicted octanol–water partition coefficient (Wildman–Crippen LogP) is 4.82. The molecular weight excluding hydrogens is 386 g/mol. The number of carbonyl (C=O) groups excluding carboxylic acids is 2. The standard InChI is InChI=1S/C23H20ClN3O2/c24-20-9-5-16(6-10-20)13-25-22(28)17-7-11-21(12-8-17)26-23(29)27-14-18-3-1-2-4-19(18)15-27/h1-12H,13-15H2,(H,25,28)(H,26,29). The third kappa shape index (κ3) is 4.58. The molecule has 3 aromatic carbocycles. The first kappa shape index (κ1) is 19.0. The number of hydrogen-bond acceptors (Lipinski definition) is 2. The Labute approximate surface area is 174 Å². The number of urea groups is 1. The molecule has 0 radical (unpaired) electrons. The summed E-state index contributed by atoms with van der Waals surface area (Å²) in [5.41, 5.74) is 4.51. The average molecular weight is 406 g/mol. The van der Waals surface area contributed by atoms with E-state index in [1.54, 1.807) is 41.3 Å². The van der Waals surface area contributed by atoms with Gasteiger partial charge in [-0.25, -0.2) is 4.79 Å². The van der Waals surface area contributed by atoms with Gasteiger partial charge in [-0.05, 0) is 53.1 Å². The van der Waals surface area contributed by atoms with Crippen LogP contribution in [0.15, 0.2) is 72.8 Å². The van der Waals surface area contributed by atoms with Gasteiger partial charge in [-0.3, -0.25) is 4.79 Å². The normalized spacial score (nSPS) is 12.4. The minimum atomic E-state index is -0.173. The largest absolute Gasteiger partial charge is 0.348 e. The van der Waals surface area contributed by atoms with Gasteiger partial charge in [0.25, 0.3) is 5.91 Å². The van der Waals surface area contributed by atoms with Crippen molar-refractivity contribution in [1.29, 1.82) is 0 Å². The van der Waals surface area contributed by atoms with E-state index >= 15 is 0 Å². The molecule has 0 fully saturated rings. The zero-order chi connectivity index (χ0) is 20.2. The summed E-state index contributed by atoms with van der Waals surface area (Å²) in [7, 11) is 0. The van der Waals surface area contributed by atoms with Gasteiger partial charge in [-0.15, -0.1) is 0 Å². The minimum Gasteiger partial charge on any atom is -0.348 e. The van der Waals surface area contributed by atoms with Crippen LogP contribution in [0.4, 0.5) is 10.5 Å². The Morgan fingerprint density at radius 2 is 1.48 bits per heavy atom. The smallest absolute Gasteiger partial charge is 0.322 e. The number of benzene rings is 3. The van der Waals surface area contributed by atoms with E-state index in [2.05, 4.69) is 10.6 Å². The Morgan fingerprint density at radius 3 is 2.10 bits per heavy atom. The van der Waals surface area contributed by atoms with Crippen LogP contribution in [-0.2, 0) is 19.6 Å². The van der Waals surface area contributed by atoms with Crippen LogP contribution in [0.5, 0.6) is 0 Å². The molecule has 0 spiro atoms. The second-order valence-corrected chi connectivity index (χ2v) is 7.38. The van der Waals surface area contributed by atoms with E-state index < -0.39 is 0 Å². The van der Waals surface area contributed by atoms with Gasteiger partial charge in [0, 0.05) is 35.9 Å². The van der Waals surface area contributed by atoms with Crippen LogP contribution >= 0.6 is 11.6 Å². The van der Waals surface area contributed by atoms with E-state index in [4.69, 9.17) is 11.6 Å². The molecule has 0 aliphatic carbocycles. The number of rotatable bonds is 4. The van der Waals surface area contributed by atoms with Crippen molar-refractivity contribution in [2.75, 3.05) is 5.32 Å². The lowest BCUT2D eigenvalue weighted by atomic mass is 10.1. The molecule has 6 heteroatoms. The van der Waals surface area contributed by atoms with E-state index in [-0.39, 0.29) is 11.9 Å². The van der Waals surface area contributed by atoms with Crippen molar-refractivity contribution in [3.8, 4) is 0 Å². The Kier molecular flexibility index (Phi) is 5.49. The number of halogens is 1. The summed E-state index contributed by atoms with van der Waals surface area (Å²) in [4.78, 5) is 26.6. The molecule has 0 saturated heterocycles. The number of amides is 3. The Morgan fingerprint density at radius 1 is 0.862 bits per heavy atom. The Balaban J connectivity index is 1.31. The maximum atomic E-state index is 12.5. The van der Waals surface area contributed by atoms with Crippen molar-refractivity contribution in [1.82, 2.24) is 10.2 Å². The fourth-order valence-electron chi connectivity index (χ4n) is 3.27. The maximum Gasteiger partial charge on any atom is 0.322 e. The van der Waals surface area contributed by atoms with E-state index in [0.717, 1.165) is 5.56 Å². The number of hydrogen-bond donors (Lipinski definition) is 2. The Hall–Kier alpha value is -3.31. The van der Waals surface area contributed by atoms with E-state index in [9.17, 15) is 9.59 Å². The lowest BCUT2D eigenvalue weighted by molar-refractivity contribution is 0.0951. The molecule has 2 N–H and O–H groups in total. The van der Waals surface area contributed by atoms with Crippen molar-refractivity contribution >= 4 is 29.2 Å². The summed E-state index contributed by atoms with van der Waals surface area (Å²) in [5, 5.41) is 6.43. The van der Waals surface area contributed by atoms with Crippen LogP contribution < -0.4 is 10.6 Å². The Bertz CT molecular complexity index is 1010. The number of nitrogens with one attached hydrogen (secondary N) is 2. The fourth-order valence-corrected chi connectivity index (χ4v) is 3.40. The minimum absolute atomic E-state index is 0.152. The molecule has 5 nitrogen and oxygen atoms in total. The van der Waals surface area contributed by atoms with Crippen molar-refractivity contribution in [2.45, 2.75) is 19.6 Å². The lowest BCUT2D eigenvalue weighted by Crippen LogP contribution is -2.30. The molecule has 3 amide bonds. The highest BCUT2D eigenvalue weighted by Gasteiger charge is 2.22. The summed E-state index contributed by atoms with van der Waals surface area (Å²) in [6.07, 6.45) is 0. The summed E-state index contributed by atoms with van der Waals surface area (Å²) >= 11 is 5.87. The molecule has 3 aromatic rings. The molecule has 0 bridgehead atoms. The molecule has 1 heterocycles. The predicted molar refractivity (Wildman–Crippen MR) is 114 cm³/mol. The van der Waals surface area contributed by atoms with Gasteiger partial charge < -0.3 is 15.5 Å². The summed E-state index contributed by atoms with van der Waals surface area (Å²) < 4.78 is 0. The van der Waals surface area contributed by atoms with Crippen LogP contribution in [0.2, 0.25) is 5.02 Å². The van der Waals surface area contributed by atoms with E-state index in [1.807, 2.05) is 36.4 Å². The zero-order valence-electron chi connectivity index (χ0n) is 15.7. The van der Waals surface area contributed by atoms with Crippen LogP contribution in [0.1, 0.15) is 27.0 Å². The van der Waals surface area contributed by atoms with Gasteiger partial charge in [-0.1, -0.05) is 48.0 Å². The van der Waals surface area contributed by atoms with Gasteiger partial charge >= 0.3 is 6.03 Å². The SMILES string of the molecule is O=C(NCc1ccc(Cl)cc1)c1ccc(NC(=O)N2Cc3ccccc3C2)cc1. The van der Waals surface area contributed by atoms with Gasteiger partial charge in [0.05, 0.1) is 0 Å². The number of anilines is 1. The lowest BCUT2D eigenvalue weighted by Gasteiger charge is -2.16. The fraction of sp³-hybridized carbons (Fsp3) is 0.130. The van der Waals surface area contributed by atoms with Gasteiger partial charge in [0.2, 0.25) is 0 Å². The van der Waals surface area contributed by atoms with Crippen LogP contribution in [0.3, 0.4) is 0 Å². The summed E-state index contributed by atoms with van der Waals surface area (Å²) in [5.74, 6) is -0.173. The molecule has 4 rings (SSSR count). The van der Waals surface area contributed by atoms with E-state index in [0.29, 0.717) is 35.9 Å². The number of nitrogens with zero attached hydrogens (tertiary/aromatic N) is 1. The monoisotopic (exact) mass is 405 g/mol. The molecule has 146 valence electrons. The van der Waals surface area contributed by atoms with Crippen LogP contribution in [0.25, 0.3) is 0 Å². The first-order valence-electron chi connectivity index (χ1n) is 9.34. The number of fused-ring (bicyclic) bond motifs is 1. The highest BCUT2D eigenvalue weighted by Crippen LogP contribution is 2.23. The maximum absolute atomic E-state index is 12.5. The summed E-state index contributed by atoms with van der Waals surface area (Å²) in [6.45, 7) is 1.63. The molecule has 0 unspecified atom stereocenters. The van der Waals surface area contributed by atoms with Crippen molar-refractivity contribution in [2.24, 2.45) is 0 Å². The molecule has 1 aliphatic rings. The molecule has 1 aliphatic heterocycles. The quantitative estimate of drug-likeness (QED) is 0.653. The molecule has 29 heavy (non-hydrogen) atoms. The topological polar surface area (TPSA) is 61.4 Å². The molecule has 0 saturated carbocycles. The molecule has 0 atom stereocenters. The van der Waals surface area contributed by atoms with Gasteiger partial charge in [0.15, 0.2) is 0 Å². The average Bonchev–Trinajstić information content (AvgIpc) is 3.18. The molecular formula is C23H20ClN3O2. The third-order valence-electron chi connectivity index (χ3n) is 4.89. The van der Waals surface area contributed by atoms with Crippen LogP contribution in [-0.4, -0.2) is 16.8 Å². The second-order valence-electron chi connectivity index (χ2n) is 6.94. The van der Waals surface area contributed by atoms with Crippen LogP contribution in [0, 0.1) is 0 Å². The first-order chi connectivity index (χ1) is 14.1.